The van der Waals surface area contributed by atoms with E-state index in [0.717, 1.165) is 33.7 Å². The maximum Gasteiger partial charge on any atom is 0.337 e. The van der Waals surface area contributed by atoms with Gasteiger partial charge in [-0.1, -0.05) is 18.2 Å². The van der Waals surface area contributed by atoms with Crippen molar-refractivity contribution in [2.45, 2.75) is 0 Å². The molecule has 160 valence electrons. The second kappa shape index (κ2) is 7.42. The van der Waals surface area contributed by atoms with Crippen LogP contribution < -0.4 is 9.64 Å². The SMILES string of the molecule is COc1cccc(N(C)c2cccc3c(-c4cc5nccc(C(=O)O)c5[nH]4)nn(C)c23)c1. The summed E-state index contributed by atoms with van der Waals surface area (Å²) in [6, 6.07) is 17.2. The van der Waals surface area contributed by atoms with E-state index in [0.29, 0.717) is 16.7 Å². The number of para-hydroxylation sites is 1. The van der Waals surface area contributed by atoms with Gasteiger partial charge in [-0.25, -0.2) is 4.79 Å². The maximum absolute atomic E-state index is 11.6. The fraction of sp³-hybridized carbons (Fsp3) is 0.125. The number of carbonyl (C=O) groups is 1. The Balaban J connectivity index is 1.67. The summed E-state index contributed by atoms with van der Waals surface area (Å²) in [6.45, 7) is 0. The molecular formula is C24H21N5O3. The normalized spacial score (nSPS) is 11.2. The number of ether oxygens (including phenoxy) is 1. The molecule has 3 heterocycles. The van der Waals surface area contributed by atoms with Crippen LogP contribution in [0.1, 0.15) is 10.4 Å². The van der Waals surface area contributed by atoms with Crippen LogP contribution >= 0.6 is 0 Å². The topological polar surface area (TPSA) is 96.3 Å². The third kappa shape index (κ3) is 3.04. The average molecular weight is 427 g/mol. The van der Waals surface area contributed by atoms with Crippen LogP contribution in [-0.2, 0) is 7.05 Å². The number of aromatic carboxylic acids is 1. The highest BCUT2D eigenvalue weighted by atomic mass is 16.5. The summed E-state index contributed by atoms with van der Waals surface area (Å²) < 4.78 is 7.21. The van der Waals surface area contributed by atoms with Crippen LogP contribution in [0.5, 0.6) is 5.75 Å². The lowest BCUT2D eigenvalue weighted by atomic mass is 10.1. The van der Waals surface area contributed by atoms with E-state index < -0.39 is 5.97 Å². The van der Waals surface area contributed by atoms with Gasteiger partial charge in [0.2, 0.25) is 0 Å². The van der Waals surface area contributed by atoms with Gasteiger partial charge in [0.1, 0.15) is 11.4 Å². The van der Waals surface area contributed by atoms with Crippen molar-refractivity contribution >= 4 is 39.3 Å². The van der Waals surface area contributed by atoms with Gasteiger partial charge in [-0.05, 0) is 30.3 Å². The second-order valence-corrected chi connectivity index (χ2v) is 7.51. The molecule has 0 aliphatic carbocycles. The Morgan fingerprint density at radius 2 is 1.97 bits per heavy atom. The number of hydrogen-bond donors (Lipinski definition) is 2. The number of pyridine rings is 1. The molecule has 0 aliphatic rings. The quantitative estimate of drug-likeness (QED) is 0.426. The molecule has 8 heteroatoms. The predicted octanol–water partition coefficient (Wildman–Crippen LogP) is 4.59. The van der Waals surface area contributed by atoms with E-state index in [1.54, 1.807) is 7.11 Å². The zero-order valence-electron chi connectivity index (χ0n) is 17.8. The van der Waals surface area contributed by atoms with E-state index in [4.69, 9.17) is 9.84 Å². The monoisotopic (exact) mass is 427 g/mol. The lowest BCUT2D eigenvalue weighted by Gasteiger charge is -2.21. The van der Waals surface area contributed by atoms with Crippen LogP contribution in [0.15, 0.2) is 60.8 Å². The molecule has 5 aromatic rings. The number of rotatable bonds is 5. The summed E-state index contributed by atoms with van der Waals surface area (Å²) in [5.41, 5.74) is 5.63. The van der Waals surface area contributed by atoms with Gasteiger partial charge in [0.05, 0.1) is 40.6 Å². The van der Waals surface area contributed by atoms with Gasteiger partial charge >= 0.3 is 5.97 Å². The number of carboxylic acid groups (broad SMARTS) is 1. The van der Waals surface area contributed by atoms with Crippen LogP contribution in [0.2, 0.25) is 0 Å². The number of aromatic amines is 1. The Hall–Kier alpha value is -4.33. The van der Waals surface area contributed by atoms with E-state index in [-0.39, 0.29) is 5.56 Å². The van der Waals surface area contributed by atoms with Crippen molar-refractivity contribution in [3.8, 4) is 17.1 Å². The highest BCUT2D eigenvalue weighted by Gasteiger charge is 2.20. The Labute approximate surface area is 183 Å². The molecule has 5 rings (SSSR count). The van der Waals surface area contributed by atoms with Gasteiger partial charge in [0, 0.05) is 37.4 Å². The van der Waals surface area contributed by atoms with E-state index >= 15 is 0 Å². The fourth-order valence-corrected chi connectivity index (χ4v) is 4.08. The van der Waals surface area contributed by atoms with Crippen molar-refractivity contribution in [3.05, 3.63) is 66.4 Å². The summed E-state index contributed by atoms with van der Waals surface area (Å²) in [4.78, 5) is 21.2. The minimum absolute atomic E-state index is 0.180. The minimum atomic E-state index is -1.00. The molecule has 0 atom stereocenters. The number of carboxylic acids is 1. The Kier molecular flexibility index (Phi) is 4.55. The molecule has 3 aromatic heterocycles. The van der Waals surface area contributed by atoms with Gasteiger partial charge < -0.3 is 19.7 Å². The molecule has 0 amide bonds. The van der Waals surface area contributed by atoms with E-state index in [9.17, 15) is 9.90 Å². The molecular weight excluding hydrogens is 406 g/mol. The fourth-order valence-electron chi connectivity index (χ4n) is 4.08. The maximum atomic E-state index is 11.6. The molecule has 32 heavy (non-hydrogen) atoms. The minimum Gasteiger partial charge on any atom is -0.497 e. The van der Waals surface area contributed by atoms with Crippen LogP contribution in [0.25, 0.3) is 33.3 Å². The predicted molar refractivity (Wildman–Crippen MR) is 124 cm³/mol. The number of aromatic nitrogens is 4. The van der Waals surface area contributed by atoms with Gasteiger partial charge in [-0.2, -0.15) is 5.10 Å². The highest BCUT2D eigenvalue weighted by Crippen LogP contribution is 2.37. The van der Waals surface area contributed by atoms with E-state index in [1.807, 2.05) is 67.3 Å². The first-order chi connectivity index (χ1) is 15.5. The van der Waals surface area contributed by atoms with Gasteiger partial charge in [0.25, 0.3) is 0 Å². The number of nitrogens with zero attached hydrogens (tertiary/aromatic N) is 4. The number of anilines is 2. The Morgan fingerprint density at radius 1 is 1.16 bits per heavy atom. The van der Waals surface area contributed by atoms with Crippen molar-refractivity contribution in [2.75, 3.05) is 19.1 Å². The summed E-state index contributed by atoms with van der Waals surface area (Å²) in [7, 11) is 5.55. The standard InChI is InChI=1S/C24H21N5O3/c1-28(14-6-4-7-15(12-14)32-3)20-9-5-8-16-22(27-29(2)23(16)20)19-13-18-21(26-19)17(24(30)31)10-11-25-18/h4-13,26H,1-3H3,(H,30,31). The summed E-state index contributed by atoms with van der Waals surface area (Å²) in [5.74, 6) is -0.217. The van der Waals surface area contributed by atoms with Gasteiger partial charge in [-0.3, -0.25) is 9.67 Å². The molecule has 0 saturated carbocycles. The van der Waals surface area contributed by atoms with E-state index in [1.165, 1.54) is 12.3 Å². The average Bonchev–Trinajstić information content (AvgIpc) is 3.39. The summed E-state index contributed by atoms with van der Waals surface area (Å²) in [6.07, 6.45) is 1.50. The van der Waals surface area contributed by atoms with Crippen molar-refractivity contribution in [1.29, 1.82) is 0 Å². The lowest BCUT2D eigenvalue weighted by Crippen LogP contribution is -2.11. The van der Waals surface area contributed by atoms with Crippen LogP contribution in [0.3, 0.4) is 0 Å². The lowest BCUT2D eigenvalue weighted by molar-refractivity contribution is 0.0698. The van der Waals surface area contributed by atoms with Crippen molar-refractivity contribution in [2.24, 2.45) is 7.05 Å². The molecule has 0 saturated heterocycles. The number of aryl methyl sites for hydroxylation is 1. The number of fused-ring (bicyclic) bond motifs is 2. The first kappa shape index (κ1) is 19.6. The summed E-state index contributed by atoms with van der Waals surface area (Å²) >= 11 is 0. The molecule has 0 aliphatic heterocycles. The molecule has 0 spiro atoms. The molecule has 2 N–H and O–H groups in total. The number of H-pyrrole nitrogens is 1. The van der Waals surface area contributed by atoms with Crippen LogP contribution in [0.4, 0.5) is 11.4 Å². The number of methoxy groups -OCH3 is 1. The zero-order valence-corrected chi connectivity index (χ0v) is 17.8. The number of benzene rings is 2. The molecule has 0 fully saturated rings. The van der Waals surface area contributed by atoms with Crippen LogP contribution in [0, 0.1) is 0 Å². The van der Waals surface area contributed by atoms with Gasteiger partial charge in [0.15, 0.2) is 0 Å². The Bertz CT molecular complexity index is 1480. The third-order valence-electron chi connectivity index (χ3n) is 5.65. The zero-order chi connectivity index (χ0) is 22.4. The first-order valence-corrected chi connectivity index (χ1v) is 10.0. The molecule has 0 radical (unpaired) electrons. The molecule has 8 nitrogen and oxygen atoms in total. The smallest absolute Gasteiger partial charge is 0.337 e. The number of nitrogens with one attached hydrogen (secondary N) is 1. The van der Waals surface area contributed by atoms with E-state index in [2.05, 4.69) is 14.9 Å². The Morgan fingerprint density at radius 3 is 2.75 bits per heavy atom. The number of hydrogen-bond acceptors (Lipinski definition) is 5. The second-order valence-electron chi connectivity index (χ2n) is 7.51. The van der Waals surface area contributed by atoms with Crippen LogP contribution in [-0.4, -0.2) is 45.0 Å². The van der Waals surface area contributed by atoms with Crippen molar-refractivity contribution < 1.29 is 14.6 Å². The molecule has 0 bridgehead atoms. The summed E-state index contributed by atoms with van der Waals surface area (Å²) in [5, 5.41) is 15.2. The van der Waals surface area contributed by atoms with Crippen molar-refractivity contribution in [3.63, 3.8) is 0 Å². The largest absolute Gasteiger partial charge is 0.497 e. The first-order valence-electron chi connectivity index (χ1n) is 10.0. The molecule has 0 unspecified atom stereocenters. The van der Waals surface area contributed by atoms with Gasteiger partial charge in [-0.15, -0.1) is 0 Å². The third-order valence-corrected chi connectivity index (χ3v) is 5.65. The highest BCUT2D eigenvalue weighted by molar-refractivity contribution is 6.05. The molecule has 2 aromatic carbocycles. The van der Waals surface area contributed by atoms with Crippen molar-refractivity contribution in [1.82, 2.24) is 19.7 Å².